The molecule has 0 heterocycles. The Hall–Kier alpha value is -2.54. The van der Waals surface area contributed by atoms with Crippen LogP contribution in [0, 0.1) is 0 Å². The second-order valence-corrected chi connectivity index (χ2v) is 8.41. The Bertz CT molecular complexity index is 867. The first-order valence-electron chi connectivity index (χ1n) is 9.35. The van der Waals surface area contributed by atoms with Crippen LogP contribution in [0.15, 0.2) is 54.6 Å². The molecule has 0 bridgehead atoms. The number of nitrogens with zero attached hydrogens (tertiary/aromatic N) is 1. The number of hydrogen-bond acceptors (Lipinski definition) is 4. The third-order valence-corrected chi connectivity index (χ3v) is 5.57. The smallest absolute Gasteiger partial charge is 0.244 e. The minimum absolute atomic E-state index is 0.269. The molecule has 0 saturated heterocycles. The van der Waals surface area contributed by atoms with Crippen LogP contribution >= 0.6 is 0 Å². The summed E-state index contributed by atoms with van der Waals surface area (Å²) in [5, 5.41) is 2.94. The van der Waals surface area contributed by atoms with Crippen LogP contribution in [0.1, 0.15) is 38.8 Å². The highest BCUT2D eigenvalue weighted by Gasteiger charge is 2.32. The van der Waals surface area contributed by atoms with Gasteiger partial charge in [-0.3, -0.25) is 9.10 Å². The number of carbonyl (C=O) groups is 1. The first-order valence-corrected chi connectivity index (χ1v) is 11.2. The molecule has 0 saturated carbocycles. The normalized spacial score (nSPS) is 13.4. The van der Waals surface area contributed by atoms with Crippen LogP contribution in [0.5, 0.6) is 5.75 Å². The number of hydrogen-bond donors (Lipinski definition) is 1. The Morgan fingerprint density at radius 1 is 1.07 bits per heavy atom. The van der Waals surface area contributed by atoms with E-state index < -0.39 is 16.1 Å². The Morgan fingerprint density at radius 2 is 1.68 bits per heavy atom. The molecule has 2 atom stereocenters. The zero-order valence-electron chi connectivity index (χ0n) is 16.8. The summed E-state index contributed by atoms with van der Waals surface area (Å²) in [4.78, 5) is 12.9. The number of ether oxygens (including phenoxy) is 1. The molecule has 28 heavy (non-hydrogen) atoms. The standard InChI is InChI=1S/C21H28N2O4S/c1-5-20(23(28(4,25)26)18-10-8-7-9-11-18)21(24)22-16(3)17-12-14-19(15-13-17)27-6-2/h7-16,20H,5-6H2,1-4H3,(H,22,24)/t16-,20-/m0/s1. The largest absolute Gasteiger partial charge is 0.494 e. The molecule has 2 rings (SSSR count). The van der Waals surface area contributed by atoms with Crippen molar-refractivity contribution in [2.24, 2.45) is 0 Å². The van der Waals surface area contributed by atoms with Crippen molar-refractivity contribution in [2.45, 2.75) is 39.3 Å². The number of para-hydroxylation sites is 1. The average Bonchev–Trinajstić information content (AvgIpc) is 2.66. The average molecular weight is 405 g/mol. The minimum atomic E-state index is -3.63. The zero-order chi connectivity index (χ0) is 20.7. The minimum Gasteiger partial charge on any atom is -0.494 e. The summed E-state index contributed by atoms with van der Waals surface area (Å²) >= 11 is 0. The third-order valence-electron chi connectivity index (χ3n) is 4.39. The number of rotatable bonds is 9. The van der Waals surface area contributed by atoms with E-state index >= 15 is 0 Å². The van der Waals surface area contributed by atoms with Crippen molar-refractivity contribution < 1.29 is 17.9 Å². The van der Waals surface area contributed by atoms with Crippen LogP contribution in [0.3, 0.4) is 0 Å². The molecular weight excluding hydrogens is 376 g/mol. The summed E-state index contributed by atoms with van der Waals surface area (Å²) < 4.78 is 31.5. The maximum absolute atomic E-state index is 12.9. The monoisotopic (exact) mass is 404 g/mol. The molecule has 1 N–H and O–H groups in total. The number of amides is 1. The lowest BCUT2D eigenvalue weighted by Gasteiger charge is -2.31. The van der Waals surface area contributed by atoms with E-state index in [1.54, 1.807) is 37.3 Å². The summed E-state index contributed by atoms with van der Waals surface area (Å²) in [6, 6.07) is 15.1. The molecule has 0 aromatic heterocycles. The molecule has 0 aliphatic carbocycles. The maximum atomic E-state index is 12.9. The van der Waals surface area contributed by atoms with Gasteiger partial charge in [0.1, 0.15) is 11.8 Å². The van der Waals surface area contributed by atoms with Gasteiger partial charge in [0.05, 0.1) is 24.6 Å². The highest BCUT2D eigenvalue weighted by Crippen LogP contribution is 2.23. The van der Waals surface area contributed by atoms with Gasteiger partial charge in [0.25, 0.3) is 0 Å². The van der Waals surface area contributed by atoms with E-state index in [4.69, 9.17) is 4.74 Å². The van der Waals surface area contributed by atoms with E-state index in [9.17, 15) is 13.2 Å². The Kier molecular flexibility index (Phi) is 7.45. The molecular formula is C21H28N2O4S. The predicted molar refractivity (Wildman–Crippen MR) is 112 cm³/mol. The lowest BCUT2D eigenvalue weighted by atomic mass is 10.1. The van der Waals surface area contributed by atoms with Crippen LogP contribution in [0.4, 0.5) is 5.69 Å². The van der Waals surface area contributed by atoms with Gasteiger partial charge in [-0.2, -0.15) is 0 Å². The molecule has 0 spiro atoms. The van der Waals surface area contributed by atoms with Gasteiger partial charge in [-0.25, -0.2) is 8.42 Å². The SMILES string of the molecule is CCOc1ccc([C@H](C)NC(=O)[C@H](CC)N(c2ccccc2)S(C)(=O)=O)cc1. The molecule has 0 aliphatic heterocycles. The summed E-state index contributed by atoms with van der Waals surface area (Å²) in [6.45, 7) is 6.17. The van der Waals surface area contributed by atoms with Crippen molar-refractivity contribution in [3.05, 3.63) is 60.2 Å². The summed E-state index contributed by atoms with van der Waals surface area (Å²) in [7, 11) is -3.63. The van der Waals surface area contributed by atoms with Gasteiger partial charge in [-0.1, -0.05) is 37.3 Å². The fourth-order valence-electron chi connectivity index (χ4n) is 3.05. The van der Waals surface area contributed by atoms with Crippen LogP contribution in [-0.2, 0) is 14.8 Å². The number of carbonyl (C=O) groups excluding carboxylic acids is 1. The molecule has 0 fully saturated rings. The molecule has 0 aliphatic rings. The Morgan fingerprint density at radius 3 is 2.18 bits per heavy atom. The second-order valence-electron chi connectivity index (χ2n) is 6.55. The topological polar surface area (TPSA) is 75.7 Å². The Balaban J connectivity index is 2.21. The van der Waals surface area contributed by atoms with Crippen LogP contribution < -0.4 is 14.4 Å². The van der Waals surface area contributed by atoms with Gasteiger partial charge < -0.3 is 10.1 Å². The zero-order valence-corrected chi connectivity index (χ0v) is 17.6. The molecule has 7 heteroatoms. The fourth-order valence-corrected chi connectivity index (χ4v) is 4.26. The quantitative estimate of drug-likeness (QED) is 0.694. The number of anilines is 1. The van der Waals surface area contributed by atoms with Crippen molar-refractivity contribution in [1.82, 2.24) is 5.32 Å². The van der Waals surface area contributed by atoms with Crippen molar-refractivity contribution in [3.63, 3.8) is 0 Å². The lowest BCUT2D eigenvalue weighted by molar-refractivity contribution is -0.122. The third kappa shape index (κ3) is 5.48. The van der Waals surface area contributed by atoms with E-state index in [1.807, 2.05) is 38.1 Å². The van der Waals surface area contributed by atoms with Gasteiger partial charge in [0, 0.05) is 0 Å². The van der Waals surface area contributed by atoms with Gasteiger partial charge in [0.15, 0.2) is 0 Å². The first kappa shape index (κ1) is 21.8. The predicted octanol–water partition coefficient (Wildman–Crippen LogP) is 3.51. The van der Waals surface area contributed by atoms with Crippen molar-refractivity contribution in [2.75, 3.05) is 17.2 Å². The van der Waals surface area contributed by atoms with E-state index in [1.165, 1.54) is 4.31 Å². The number of sulfonamides is 1. The highest BCUT2D eigenvalue weighted by atomic mass is 32.2. The van der Waals surface area contributed by atoms with Crippen LogP contribution in [0.25, 0.3) is 0 Å². The molecule has 152 valence electrons. The summed E-state index contributed by atoms with van der Waals surface area (Å²) in [5.74, 6) is 0.432. The molecule has 6 nitrogen and oxygen atoms in total. The van der Waals surface area contributed by atoms with Gasteiger partial charge in [0.2, 0.25) is 15.9 Å². The van der Waals surface area contributed by atoms with E-state index in [2.05, 4.69) is 5.32 Å². The maximum Gasteiger partial charge on any atom is 0.244 e. The van der Waals surface area contributed by atoms with E-state index in [-0.39, 0.29) is 11.9 Å². The molecule has 0 radical (unpaired) electrons. The first-order chi connectivity index (χ1) is 13.3. The molecule has 2 aromatic carbocycles. The second kappa shape index (κ2) is 9.59. The summed E-state index contributed by atoms with van der Waals surface area (Å²) in [6.07, 6.45) is 1.47. The highest BCUT2D eigenvalue weighted by molar-refractivity contribution is 7.92. The number of benzene rings is 2. The molecule has 0 unspecified atom stereocenters. The van der Waals surface area contributed by atoms with Crippen molar-refractivity contribution >= 4 is 21.6 Å². The van der Waals surface area contributed by atoms with Crippen molar-refractivity contribution in [3.8, 4) is 5.75 Å². The number of nitrogens with one attached hydrogen (secondary N) is 1. The molecule has 1 amide bonds. The van der Waals surface area contributed by atoms with E-state index in [0.29, 0.717) is 18.7 Å². The van der Waals surface area contributed by atoms with Gasteiger partial charge >= 0.3 is 0 Å². The Labute approximate surface area is 167 Å². The van der Waals surface area contributed by atoms with E-state index in [0.717, 1.165) is 17.6 Å². The summed E-state index contributed by atoms with van der Waals surface area (Å²) in [5.41, 5.74) is 1.39. The lowest BCUT2D eigenvalue weighted by Crippen LogP contribution is -2.49. The molecule has 2 aromatic rings. The van der Waals surface area contributed by atoms with Crippen LogP contribution in [-0.4, -0.2) is 33.2 Å². The van der Waals surface area contributed by atoms with Gasteiger partial charge in [-0.05, 0) is 50.1 Å². The fraction of sp³-hybridized carbons (Fsp3) is 0.381. The van der Waals surface area contributed by atoms with Crippen molar-refractivity contribution in [1.29, 1.82) is 0 Å². The van der Waals surface area contributed by atoms with Gasteiger partial charge in [-0.15, -0.1) is 0 Å². The van der Waals surface area contributed by atoms with Crippen LogP contribution in [0.2, 0.25) is 0 Å².